The van der Waals surface area contributed by atoms with Crippen molar-refractivity contribution in [3.63, 3.8) is 0 Å². The van der Waals surface area contributed by atoms with Gasteiger partial charge in [-0.15, -0.1) is 11.3 Å². The Morgan fingerprint density at radius 2 is 1.97 bits per heavy atom. The zero-order valence-electron chi connectivity index (χ0n) is 17.8. The van der Waals surface area contributed by atoms with E-state index in [2.05, 4.69) is 9.88 Å². The molecule has 5 rings (SSSR count). The van der Waals surface area contributed by atoms with Crippen LogP contribution in [-0.2, 0) is 16.0 Å². The molecule has 0 aliphatic carbocycles. The largest absolute Gasteiger partial charge is 0.384 e. The van der Waals surface area contributed by atoms with Gasteiger partial charge in [-0.2, -0.15) is 0 Å². The van der Waals surface area contributed by atoms with Gasteiger partial charge in [0.15, 0.2) is 11.6 Å². The molecule has 1 aliphatic heterocycles. The normalized spacial score (nSPS) is 15.0. The first kappa shape index (κ1) is 21.7. The number of hydrogen-bond donors (Lipinski definition) is 2. The quantitative estimate of drug-likeness (QED) is 0.416. The van der Waals surface area contributed by atoms with Crippen LogP contribution < -0.4 is 14.9 Å². The van der Waals surface area contributed by atoms with Gasteiger partial charge in [0, 0.05) is 36.8 Å². The molecule has 1 unspecified atom stereocenters. The summed E-state index contributed by atoms with van der Waals surface area (Å²) in [4.78, 5) is 17.1. The van der Waals surface area contributed by atoms with Crippen LogP contribution in [-0.4, -0.2) is 57.1 Å². The number of nitrogens with two attached hydrogens (primary N) is 1. The molecule has 3 N–H and O–H groups in total. The number of thiophene rings is 1. The minimum Gasteiger partial charge on any atom is -0.384 e. The summed E-state index contributed by atoms with van der Waals surface area (Å²) in [5.74, 6) is 1.90. The highest BCUT2D eigenvalue weighted by atomic mass is 32.2. The molecule has 0 radical (unpaired) electrons. The lowest BCUT2D eigenvalue weighted by Gasteiger charge is -2.28. The summed E-state index contributed by atoms with van der Waals surface area (Å²) in [6, 6.07) is 13.2. The summed E-state index contributed by atoms with van der Waals surface area (Å²) in [6.45, 7) is 2.80. The minimum atomic E-state index is -2.09. The molecule has 4 heterocycles. The summed E-state index contributed by atoms with van der Waals surface area (Å²) in [5, 5.41) is 0. The Morgan fingerprint density at radius 3 is 2.70 bits per heavy atom. The Kier molecular flexibility index (Phi) is 5.94. The maximum absolute atomic E-state index is 11.5. The van der Waals surface area contributed by atoms with E-state index in [4.69, 9.17) is 20.4 Å². The fraction of sp³-hybridized carbons (Fsp3) is 0.227. The number of fused-ring (bicyclic) bond motifs is 1. The molecule has 11 heteroatoms. The standard InChI is InChI=1S/C22H22N6O3S2/c1-27(33(29)30)16-4-2-3-14(11-16)18-12-17-20(32-18)22(28-7-9-31-10-8-28)26-21(25-17)15-5-6-19(23)24-13-15/h2-6,11-13H,7-10H2,1H3,(H2,23,24)(H,29,30). The van der Waals surface area contributed by atoms with Crippen LogP contribution in [0, 0.1) is 0 Å². The Hall–Kier alpha value is -3.12. The molecule has 1 aromatic carbocycles. The number of rotatable bonds is 5. The number of benzene rings is 1. The van der Waals surface area contributed by atoms with E-state index in [1.54, 1.807) is 36.7 Å². The van der Waals surface area contributed by atoms with E-state index in [1.165, 1.54) is 4.31 Å². The van der Waals surface area contributed by atoms with Crippen LogP contribution in [0.2, 0.25) is 0 Å². The highest BCUT2D eigenvalue weighted by molar-refractivity contribution is 7.80. The summed E-state index contributed by atoms with van der Waals surface area (Å²) < 4.78 is 28.8. The Balaban J connectivity index is 1.64. The van der Waals surface area contributed by atoms with Crippen LogP contribution in [0.15, 0.2) is 48.7 Å². The van der Waals surface area contributed by atoms with E-state index in [9.17, 15) is 8.76 Å². The maximum atomic E-state index is 11.5. The van der Waals surface area contributed by atoms with E-state index in [0.717, 1.165) is 45.1 Å². The topological polar surface area (TPSA) is 118 Å². The number of hydrogen-bond acceptors (Lipinski definition) is 8. The highest BCUT2D eigenvalue weighted by Crippen LogP contribution is 2.39. The molecule has 0 saturated carbocycles. The van der Waals surface area contributed by atoms with Crippen LogP contribution in [0.5, 0.6) is 0 Å². The third kappa shape index (κ3) is 4.40. The van der Waals surface area contributed by atoms with E-state index < -0.39 is 11.3 Å². The monoisotopic (exact) mass is 482 g/mol. The second kappa shape index (κ2) is 9.02. The molecule has 4 aromatic rings. The highest BCUT2D eigenvalue weighted by Gasteiger charge is 2.21. The maximum Gasteiger partial charge on any atom is 0.261 e. The molecule has 170 valence electrons. The molecule has 9 nitrogen and oxygen atoms in total. The third-order valence-electron chi connectivity index (χ3n) is 5.44. The molecule has 0 bridgehead atoms. The minimum absolute atomic E-state index is 0.444. The SMILES string of the molecule is CN(c1cccc(-c2cc3nc(-c4ccc(N)nc4)nc(N4CCOCC4)c3s2)c1)S(=O)O. The number of anilines is 3. The summed E-state index contributed by atoms with van der Waals surface area (Å²) in [5.41, 5.74) is 8.97. The van der Waals surface area contributed by atoms with Gasteiger partial charge in [-0.05, 0) is 35.9 Å². The number of nitrogen functional groups attached to an aromatic ring is 1. The number of aromatic nitrogens is 3. The fourth-order valence-corrected chi connectivity index (χ4v) is 5.06. The van der Waals surface area contributed by atoms with Crippen molar-refractivity contribution in [2.45, 2.75) is 0 Å². The summed E-state index contributed by atoms with van der Waals surface area (Å²) in [7, 11) is 1.58. The van der Waals surface area contributed by atoms with Gasteiger partial charge in [0.2, 0.25) is 0 Å². The molecule has 0 spiro atoms. The average Bonchev–Trinajstić information content (AvgIpc) is 3.28. The van der Waals surface area contributed by atoms with Gasteiger partial charge in [-0.3, -0.25) is 8.86 Å². The average molecular weight is 483 g/mol. The van der Waals surface area contributed by atoms with Crippen LogP contribution in [0.25, 0.3) is 32.0 Å². The fourth-order valence-electron chi connectivity index (χ4n) is 3.66. The summed E-state index contributed by atoms with van der Waals surface area (Å²) in [6.07, 6.45) is 1.68. The predicted molar refractivity (Wildman–Crippen MR) is 133 cm³/mol. The lowest BCUT2D eigenvalue weighted by atomic mass is 10.1. The van der Waals surface area contributed by atoms with Crippen molar-refractivity contribution < 1.29 is 13.5 Å². The molecule has 3 aromatic heterocycles. The van der Waals surface area contributed by atoms with Crippen LogP contribution in [0.3, 0.4) is 0 Å². The predicted octanol–water partition coefficient (Wildman–Crippen LogP) is 3.41. The number of pyridine rings is 1. The first-order valence-corrected chi connectivity index (χ1v) is 12.2. The van der Waals surface area contributed by atoms with Crippen molar-refractivity contribution in [2.24, 2.45) is 0 Å². The second-order valence-corrected chi connectivity index (χ2v) is 9.61. The molecule has 33 heavy (non-hydrogen) atoms. The van der Waals surface area contributed by atoms with Gasteiger partial charge < -0.3 is 15.4 Å². The summed E-state index contributed by atoms with van der Waals surface area (Å²) >= 11 is -0.487. The number of ether oxygens (including phenoxy) is 1. The van der Waals surface area contributed by atoms with Gasteiger partial charge >= 0.3 is 0 Å². The Labute approximate surface area is 197 Å². The van der Waals surface area contributed by atoms with Gasteiger partial charge in [0.1, 0.15) is 5.82 Å². The zero-order chi connectivity index (χ0) is 22.9. The van der Waals surface area contributed by atoms with Crippen molar-refractivity contribution in [3.8, 4) is 21.8 Å². The smallest absolute Gasteiger partial charge is 0.261 e. The number of nitrogens with zero attached hydrogens (tertiary/aromatic N) is 5. The van der Waals surface area contributed by atoms with Gasteiger partial charge in [0.05, 0.1) is 29.1 Å². The molecule has 1 fully saturated rings. The van der Waals surface area contributed by atoms with Crippen LogP contribution in [0.1, 0.15) is 0 Å². The van der Waals surface area contributed by atoms with Crippen molar-refractivity contribution in [2.75, 3.05) is 48.3 Å². The number of morpholine rings is 1. The molecule has 1 aliphatic rings. The molecule has 1 atom stereocenters. The molecular weight excluding hydrogens is 460 g/mol. The van der Waals surface area contributed by atoms with Crippen LogP contribution in [0.4, 0.5) is 17.3 Å². The Morgan fingerprint density at radius 1 is 1.15 bits per heavy atom. The van der Waals surface area contributed by atoms with E-state index in [-0.39, 0.29) is 0 Å². The van der Waals surface area contributed by atoms with Crippen molar-refractivity contribution in [1.82, 2.24) is 15.0 Å². The first-order valence-electron chi connectivity index (χ1n) is 10.3. The van der Waals surface area contributed by atoms with Gasteiger partial charge in [0.25, 0.3) is 11.3 Å². The van der Waals surface area contributed by atoms with Gasteiger partial charge in [-0.1, -0.05) is 12.1 Å². The van der Waals surface area contributed by atoms with Crippen LogP contribution >= 0.6 is 11.3 Å². The second-order valence-electron chi connectivity index (χ2n) is 7.55. The van der Waals surface area contributed by atoms with Crippen molar-refractivity contribution in [1.29, 1.82) is 0 Å². The lowest BCUT2D eigenvalue weighted by Crippen LogP contribution is -2.36. The first-order chi connectivity index (χ1) is 16.0. The van der Waals surface area contributed by atoms with E-state index in [0.29, 0.717) is 30.5 Å². The third-order valence-corrected chi connectivity index (χ3v) is 7.29. The van der Waals surface area contributed by atoms with Gasteiger partial charge in [-0.25, -0.2) is 19.2 Å². The molecule has 0 amide bonds. The zero-order valence-corrected chi connectivity index (χ0v) is 19.5. The van der Waals surface area contributed by atoms with E-state index >= 15 is 0 Å². The van der Waals surface area contributed by atoms with Crippen molar-refractivity contribution in [3.05, 3.63) is 48.7 Å². The van der Waals surface area contributed by atoms with E-state index in [1.807, 2.05) is 30.3 Å². The molecular formula is C22H22N6O3S2. The lowest BCUT2D eigenvalue weighted by molar-refractivity contribution is 0.122. The Bertz CT molecular complexity index is 1320. The molecule has 1 saturated heterocycles. The van der Waals surface area contributed by atoms with Crippen molar-refractivity contribution >= 4 is 50.1 Å².